The number of imidazole rings is 1. The zero-order valence-electron chi connectivity index (χ0n) is 17.4. The van der Waals surface area contributed by atoms with E-state index in [1.807, 2.05) is 48.3 Å². The van der Waals surface area contributed by atoms with Crippen LogP contribution in [-0.2, 0) is 18.3 Å². The maximum atomic E-state index is 12.8. The Morgan fingerprint density at radius 3 is 2.63 bits per heavy atom. The van der Waals surface area contributed by atoms with Crippen LogP contribution in [0, 0.1) is 6.92 Å². The third-order valence-corrected chi connectivity index (χ3v) is 5.45. The molecule has 0 unspecified atom stereocenters. The highest BCUT2D eigenvalue weighted by Crippen LogP contribution is 2.23. The van der Waals surface area contributed by atoms with Gasteiger partial charge in [0, 0.05) is 37.1 Å². The van der Waals surface area contributed by atoms with Crippen LogP contribution >= 0.6 is 11.8 Å². The normalized spacial score (nSPS) is 11.9. The first-order chi connectivity index (χ1) is 14.4. The van der Waals surface area contributed by atoms with Crippen molar-refractivity contribution >= 4 is 17.7 Å². The van der Waals surface area contributed by atoms with E-state index in [2.05, 4.69) is 20.3 Å². The summed E-state index contributed by atoms with van der Waals surface area (Å²) in [7, 11) is 3.49. The third kappa shape index (κ3) is 4.91. The van der Waals surface area contributed by atoms with Crippen LogP contribution in [0.1, 0.15) is 35.1 Å². The van der Waals surface area contributed by atoms with E-state index in [0.717, 1.165) is 11.3 Å². The molecule has 9 heteroatoms. The summed E-state index contributed by atoms with van der Waals surface area (Å²) in [5.74, 6) is 1.28. The van der Waals surface area contributed by atoms with Crippen molar-refractivity contribution in [3.05, 3.63) is 69.7 Å². The molecule has 0 saturated heterocycles. The second-order valence-electron chi connectivity index (χ2n) is 6.81. The molecule has 158 valence electrons. The highest BCUT2D eigenvalue weighted by molar-refractivity contribution is 7.98. The van der Waals surface area contributed by atoms with Crippen molar-refractivity contribution in [1.82, 2.24) is 24.8 Å². The monoisotopic (exact) mass is 427 g/mol. The van der Waals surface area contributed by atoms with Crippen LogP contribution < -0.4 is 15.6 Å². The Hall–Kier alpha value is -3.07. The second-order valence-corrected chi connectivity index (χ2v) is 7.60. The van der Waals surface area contributed by atoms with Gasteiger partial charge in [0.25, 0.3) is 5.56 Å². The summed E-state index contributed by atoms with van der Waals surface area (Å²) in [6, 6.07) is 7.08. The van der Waals surface area contributed by atoms with Gasteiger partial charge in [0.05, 0.1) is 7.11 Å². The first-order valence-corrected chi connectivity index (χ1v) is 10.7. The van der Waals surface area contributed by atoms with E-state index in [4.69, 9.17) is 4.74 Å². The number of hydrogen-bond donors (Lipinski definition) is 2. The standard InChI is InChI=1S/C21H25N5O3S/c1-13-16(20(28)25-21(23-13)30-4)9-10-17(27)24-18(19-22-11-12-26(19)2)14-5-7-15(29-3)8-6-14/h5-8,11-12,18H,9-10H2,1-4H3,(H,24,27)(H,23,25,28)/t18-/m0/s1. The quantitative estimate of drug-likeness (QED) is 0.423. The number of ether oxygens (including phenoxy) is 1. The molecule has 0 aliphatic rings. The lowest BCUT2D eigenvalue weighted by atomic mass is 10.0. The number of nitrogens with one attached hydrogen (secondary N) is 2. The molecule has 30 heavy (non-hydrogen) atoms. The zero-order valence-corrected chi connectivity index (χ0v) is 18.2. The number of hydrogen-bond acceptors (Lipinski definition) is 6. The van der Waals surface area contributed by atoms with E-state index in [0.29, 0.717) is 28.7 Å². The maximum Gasteiger partial charge on any atom is 0.254 e. The van der Waals surface area contributed by atoms with Crippen LogP contribution in [0.3, 0.4) is 0 Å². The van der Waals surface area contributed by atoms with Gasteiger partial charge in [-0.15, -0.1) is 0 Å². The average Bonchev–Trinajstić information content (AvgIpc) is 3.17. The number of aryl methyl sites for hydroxylation is 2. The Kier molecular flexibility index (Phi) is 6.94. The van der Waals surface area contributed by atoms with Crippen LogP contribution in [0.25, 0.3) is 0 Å². The number of carbonyl (C=O) groups is 1. The predicted molar refractivity (Wildman–Crippen MR) is 116 cm³/mol. The van der Waals surface area contributed by atoms with Gasteiger partial charge in [-0.2, -0.15) is 0 Å². The molecule has 1 aromatic carbocycles. The summed E-state index contributed by atoms with van der Waals surface area (Å²) in [5, 5.41) is 3.62. The van der Waals surface area contributed by atoms with Gasteiger partial charge < -0.3 is 19.6 Å². The lowest BCUT2D eigenvalue weighted by molar-refractivity contribution is -0.121. The summed E-state index contributed by atoms with van der Waals surface area (Å²) >= 11 is 1.37. The molecule has 1 amide bonds. The van der Waals surface area contributed by atoms with Crippen molar-refractivity contribution in [1.29, 1.82) is 0 Å². The summed E-state index contributed by atoms with van der Waals surface area (Å²) in [5.41, 5.74) is 1.86. The van der Waals surface area contributed by atoms with Gasteiger partial charge >= 0.3 is 0 Å². The van der Waals surface area contributed by atoms with Gasteiger partial charge in [-0.05, 0) is 37.3 Å². The minimum absolute atomic E-state index is 0.168. The van der Waals surface area contributed by atoms with Crippen LogP contribution in [0.2, 0.25) is 0 Å². The summed E-state index contributed by atoms with van der Waals surface area (Å²) in [4.78, 5) is 36.6. The number of nitrogens with zero attached hydrogens (tertiary/aromatic N) is 3. The number of aromatic nitrogens is 4. The molecular weight excluding hydrogens is 402 g/mol. The number of rotatable bonds is 8. The number of benzene rings is 1. The van der Waals surface area contributed by atoms with Crippen LogP contribution in [-0.4, -0.2) is 38.8 Å². The molecule has 8 nitrogen and oxygen atoms in total. The number of H-pyrrole nitrogens is 1. The minimum atomic E-state index is -0.417. The zero-order chi connectivity index (χ0) is 21.7. The van der Waals surface area contributed by atoms with Gasteiger partial charge in [0.1, 0.15) is 17.6 Å². The van der Waals surface area contributed by atoms with E-state index >= 15 is 0 Å². The molecule has 0 saturated carbocycles. The highest BCUT2D eigenvalue weighted by atomic mass is 32.2. The molecule has 0 aliphatic carbocycles. The van der Waals surface area contributed by atoms with Crippen LogP contribution in [0.5, 0.6) is 5.75 Å². The second kappa shape index (κ2) is 9.62. The topological polar surface area (TPSA) is 102 Å². The van der Waals surface area contributed by atoms with Gasteiger partial charge in [0.15, 0.2) is 5.16 Å². The van der Waals surface area contributed by atoms with Crippen LogP contribution in [0.15, 0.2) is 46.6 Å². The van der Waals surface area contributed by atoms with E-state index in [9.17, 15) is 9.59 Å². The molecule has 3 rings (SSSR count). The first-order valence-electron chi connectivity index (χ1n) is 9.47. The maximum absolute atomic E-state index is 12.8. The molecular formula is C21H25N5O3S. The molecule has 3 aromatic rings. The fourth-order valence-corrected chi connectivity index (χ4v) is 3.62. The summed E-state index contributed by atoms with van der Waals surface area (Å²) < 4.78 is 7.09. The Bertz CT molecular complexity index is 1070. The van der Waals surface area contributed by atoms with Crippen LogP contribution in [0.4, 0.5) is 0 Å². The molecule has 0 spiro atoms. The van der Waals surface area contributed by atoms with Crippen molar-refractivity contribution in [2.75, 3.05) is 13.4 Å². The Morgan fingerprint density at radius 1 is 1.33 bits per heavy atom. The average molecular weight is 428 g/mol. The number of carbonyl (C=O) groups excluding carboxylic acids is 1. The van der Waals surface area contributed by atoms with Gasteiger partial charge in [-0.3, -0.25) is 9.59 Å². The number of amides is 1. The molecule has 2 N–H and O–H groups in total. The molecule has 0 radical (unpaired) electrons. The largest absolute Gasteiger partial charge is 0.497 e. The van der Waals surface area contributed by atoms with Crippen molar-refractivity contribution < 1.29 is 9.53 Å². The highest BCUT2D eigenvalue weighted by Gasteiger charge is 2.21. The van der Waals surface area contributed by atoms with E-state index in [1.54, 1.807) is 20.2 Å². The van der Waals surface area contributed by atoms with Crippen molar-refractivity contribution in [2.24, 2.45) is 7.05 Å². The smallest absolute Gasteiger partial charge is 0.254 e. The first kappa shape index (κ1) is 21.6. The molecule has 2 aromatic heterocycles. The SMILES string of the molecule is COc1ccc([C@H](NC(=O)CCc2c(C)nc(SC)[nH]c2=O)c2nccn2C)cc1. The lowest BCUT2D eigenvalue weighted by Gasteiger charge is -2.19. The van der Waals surface area contributed by atoms with Gasteiger partial charge in [-0.25, -0.2) is 9.97 Å². The molecule has 0 fully saturated rings. The van der Waals surface area contributed by atoms with Crippen molar-refractivity contribution in [3.63, 3.8) is 0 Å². The van der Waals surface area contributed by atoms with E-state index in [-0.39, 0.29) is 17.9 Å². The van der Waals surface area contributed by atoms with Crippen molar-refractivity contribution in [2.45, 2.75) is 31.0 Å². The predicted octanol–water partition coefficient (Wildman–Crippen LogP) is 2.38. The summed E-state index contributed by atoms with van der Waals surface area (Å²) in [6.07, 6.45) is 5.85. The number of aromatic amines is 1. The van der Waals surface area contributed by atoms with Crippen molar-refractivity contribution in [3.8, 4) is 5.75 Å². The molecule has 0 bridgehead atoms. The van der Waals surface area contributed by atoms with Gasteiger partial charge in [0.2, 0.25) is 5.91 Å². The molecule has 0 aliphatic heterocycles. The third-order valence-electron chi connectivity index (χ3n) is 4.87. The molecule has 1 atom stereocenters. The Labute approximate surface area is 179 Å². The fraction of sp³-hybridized carbons (Fsp3) is 0.333. The van der Waals surface area contributed by atoms with Gasteiger partial charge in [-0.1, -0.05) is 23.9 Å². The van der Waals surface area contributed by atoms with E-state index in [1.165, 1.54) is 11.8 Å². The van der Waals surface area contributed by atoms with E-state index < -0.39 is 6.04 Å². The number of thioether (sulfide) groups is 1. The number of methoxy groups -OCH3 is 1. The summed E-state index contributed by atoms with van der Waals surface area (Å²) in [6.45, 7) is 1.79. The minimum Gasteiger partial charge on any atom is -0.497 e. The fourth-order valence-electron chi connectivity index (χ4n) is 3.20. The Morgan fingerprint density at radius 2 is 2.07 bits per heavy atom. The lowest BCUT2D eigenvalue weighted by Crippen LogP contribution is -2.31. The Balaban J connectivity index is 1.77. The molecule has 2 heterocycles.